The van der Waals surface area contributed by atoms with Gasteiger partial charge in [-0.1, -0.05) is 6.92 Å². The highest BCUT2D eigenvalue weighted by Gasteiger charge is 2.21. The fourth-order valence-electron chi connectivity index (χ4n) is 1.86. The number of aryl methyl sites for hydroxylation is 1. The van der Waals surface area contributed by atoms with Crippen LogP contribution in [0.3, 0.4) is 0 Å². The van der Waals surface area contributed by atoms with Crippen molar-refractivity contribution in [2.24, 2.45) is 0 Å². The number of hydrogen-bond acceptors (Lipinski definition) is 3. The summed E-state index contributed by atoms with van der Waals surface area (Å²) in [6, 6.07) is 0.662. The molecule has 0 aromatic carbocycles. The van der Waals surface area contributed by atoms with E-state index in [1.165, 1.54) is 22.1 Å². The van der Waals surface area contributed by atoms with E-state index >= 15 is 0 Å². The zero-order valence-electron chi connectivity index (χ0n) is 9.21. The molecule has 3 heteroatoms. The van der Waals surface area contributed by atoms with Crippen molar-refractivity contribution in [3.63, 3.8) is 0 Å². The van der Waals surface area contributed by atoms with E-state index in [9.17, 15) is 0 Å². The van der Waals surface area contributed by atoms with Crippen molar-refractivity contribution >= 4 is 11.3 Å². The van der Waals surface area contributed by atoms with Crippen LogP contribution in [0.5, 0.6) is 0 Å². The number of aromatic nitrogens is 1. The van der Waals surface area contributed by atoms with E-state index in [0.29, 0.717) is 6.04 Å². The van der Waals surface area contributed by atoms with Gasteiger partial charge in [0.25, 0.3) is 0 Å². The van der Waals surface area contributed by atoms with Crippen LogP contribution in [0.1, 0.15) is 36.3 Å². The Kier molecular flexibility index (Phi) is 2.88. The Morgan fingerprint density at radius 2 is 2.29 bits per heavy atom. The summed E-state index contributed by atoms with van der Waals surface area (Å²) < 4.78 is 0. The molecule has 2 rings (SSSR count). The predicted octanol–water partition coefficient (Wildman–Crippen LogP) is 2.47. The quantitative estimate of drug-likeness (QED) is 0.745. The molecule has 0 radical (unpaired) electrons. The van der Waals surface area contributed by atoms with Crippen molar-refractivity contribution < 1.29 is 0 Å². The van der Waals surface area contributed by atoms with Crippen LogP contribution >= 0.6 is 11.3 Å². The van der Waals surface area contributed by atoms with Gasteiger partial charge in [0, 0.05) is 30.4 Å². The Balaban J connectivity index is 2.17. The minimum atomic E-state index is 0.662. The largest absolute Gasteiger partial charge is 0.295 e. The fraction of sp³-hybridized carbons (Fsp3) is 0.727. The fourth-order valence-corrected chi connectivity index (χ4v) is 2.94. The molecule has 0 saturated heterocycles. The Labute approximate surface area is 90.0 Å². The first-order valence-electron chi connectivity index (χ1n) is 5.42. The molecule has 0 spiro atoms. The summed E-state index contributed by atoms with van der Waals surface area (Å²) in [4.78, 5) is 8.68. The molecular formula is C11H18N2S. The third-order valence-electron chi connectivity index (χ3n) is 2.84. The van der Waals surface area contributed by atoms with Crippen molar-refractivity contribution in [2.45, 2.75) is 46.2 Å². The summed E-state index contributed by atoms with van der Waals surface area (Å²) in [5.74, 6) is 0. The summed E-state index contributed by atoms with van der Waals surface area (Å²) in [5, 5.41) is 1.31. The van der Waals surface area contributed by atoms with Crippen LogP contribution in [0.4, 0.5) is 0 Å². The molecule has 2 nitrogen and oxygen atoms in total. The summed E-state index contributed by atoms with van der Waals surface area (Å²) in [6.45, 7) is 9.02. The summed E-state index contributed by atoms with van der Waals surface area (Å²) >= 11 is 1.90. The van der Waals surface area contributed by atoms with Crippen LogP contribution in [0, 0.1) is 0 Å². The topological polar surface area (TPSA) is 16.1 Å². The second kappa shape index (κ2) is 3.99. The number of hydrogen-bond donors (Lipinski definition) is 0. The molecule has 0 unspecified atom stereocenters. The minimum Gasteiger partial charge on any atom is -0.295 e. The number of nitrogens with zero attached hydrogens (tertiary/aromatic N) is 2. The van der Waals surface area contributed by atoms with Gasteiger partial charge in [0.1, 0.15) is 0 Å². The second-order valence-electron chi connectivity index (χ2n) is 4.15. The molecule has 0 bridgehead atoms. The molecule has 0 saturated carbocycles. The Hall–Kier alpha value is -0.410. The molecule has 1 aromatic heterocycles. The van der Waals surface area contributed by atoms with Crippen LogP contribution in [0.25, 0.3) is 0 Å². The van der Waals surface area contributed by atoms with Crippen LogP contribution in [-0.4, -0.2) is 22.5 Å². The molecule has 0 N–H and O–H groups in total. The van der Waals surface area contributed by atoms with Gasteiger partial charge < -0.3 is 0 Å². The highest BCUT2D eigenvalue weighted by atomic mass is 32.1. The highest BCUT2D eigenvalue weighted by Crippen LogP contribution is 2.26. The monoisotopic (exact) mass is 210 g/mol. The molecule has 78 valence electrons. The maximum absolute atomic E-state index is 4.65. The van der Waals surface area contributed by atoms with E-state index in [-0.39, 0.29) is 0 Å². The summed E-state index contributed by atoms with van der Waals surface area (Å²) in [5.41, 5.74) is 1.36. The van der Waals surface area contributed by atoms with E-state index in [4.69, 9.17) is 0 Å². The Morgan fingerprint density at radius 3 is 2.93 bits per heavy atom. The van der Waals surface area contributed by atoms with Crippen LogP contribution in [-0.2, 0) is 19.4 Å². The van der Waals surface area contributed by atoms with Gasteiger partial charge in [0.05, 0.1) is 10.7 Å². The molecule has 0 fully saturated rings. The zero-order chi connectivity index (χ0) is 10.1. The van der Waals surface area contributed by atoms with Gasteiger partial charge >= 0.3 is 0 Å². The average molecular weight is 210 g/mol. The lowest BCUT2D eigenvalue weighted by Gasteiger charge is -2.29. The predicted molar refractivity (Wildman–Crippen MR) is 60.7 cm³/mol. The summed E-state index contributed by atoms with van der Waals surface area (Å²) in [6.07, 6.45) is 2.23. The van der Waals surface area contributed by atoms with Crippen molar-refractivity contribution in [1.82, 2.24) is 9.88 Å². The van der Waals surface area contributed by atoms with Gasteiger partial charge in [-0.25, -0.2) is 4.98 Å². The van der Waals surface area contributed by atoms with E-state index in [1.54, 1.807) is 0 Å². The lowest BCUT2D eigenvalue weighted by Crippen LogP contribution is -2.35. The molecule has 1 aliphatic heterocycles. The number of thiazole rings is 1. The third-order valence-corrected chi connectivity index (χ3v) is 4.06. The van der Waals surface area contributed by atoms with Crippen molar-refractivity contribution in [1.29, 1.82) is 0 Å². The van der Waals surface area contributed by atoms with Crippen LogP contribution in [0.15, 0.2) is 0 Å². The molecule has 0 aliphatic carbocycles. The molecule has 0 atom stereocenters. The first kappa shape index (κ1) is 10.1. The third kappa shape index (κ3) is 1.84. The Bertz CT molecular complexity index is 317. The van der Waals surface area contributed by atoms with Gasteiger partial charge in [-0.15, -0.1) is 11.3 Å². The first-order chi connectivity index (χ1) is 6.70. The first-order valence-corrected chi connectivity index (χ1v) is 6.24. The SMILES string of the molecule is CCc1nc2c(s1)CN(C(C)C)CC2. The molecule has 1 aliphatic rings. The normalized spacial score (nSPS) is 17.4. The minimum absolute atomic E-state index is 0.662. The standard InChI is InChI=1S/C11H18N2S/c1-4-11-12-9-5-6-13(8(2)3)7-10(9)14-11/h8H,4-7H2,1-3H3. The highest BCUT2D eigenvalue weighted by molar-refractivity contribution is 7.11. The van der Waals surface area contributed by atoms with Crippen molar-refractivity contribution in [3.8, 4) is 0 Å². The van der Waals surface area contributed by atoms with E-state index < -0.39 is 0 Å². The zero-order valence-corrected chi connectivity index (χ0v) is 10.0. The van der Waals surface area contributed by atoms with Crippen LogP contribution < -0.4 is 0 Å². The van der Waals surface area contributed by atoms with Crippen molar-refractivity contribution in [2.75, 3.05) is 6.54 Å². The molecule has 14 heavy (non-hydrogen) atoms. The second-order valence-corrected chi connectivity index (χ2v) is 5.31. The summed E-state index contributed by atoms with van der Waals surface area (Å²) in [7, 11) is 0. The van der Waals surface area contributed by atoms with Gasteiger partial charge in [0.15, 0.2) is 0 Å². The smallest absolute Gasteiger partial charge is 0.0928 e. The average Bonchev–Trinajstić information content (AvgIpc) is 2.58. The van der Waals surface area contributed by atoms with E-state index in [0.717, 1.165) is 19.4 Å². The van der Waals surface area contributed by atoms with Gasteiger partial charge in [0.2, 0.25) is 0 Å². The Morgan fingerprint density at radius 1 is 1.50 bits per heavy atom. The maximum Gasteiger partial charge on any atom is 0.0928 e. The molecule has 2 heterocycles. The van der Waals surface area contributed by atoms with Gasteiger partial charge in [-0.2, -0.15) is 0 Å². The van der Waals surface area contributed by atoms with Gasteiger partial charge in [-0.3, -0.25) is 4.90 Å². The molecule has 0 amide bonds. The van der Waals surface area contributed by atoms with Gasteiger partial charge in [-0.05, 0) is 20.3 Å². The lowest BCUT2D eigenvalue weighted by molar-refractivity contribution is 0.205. The number of fused-ring (bicyclic) bond motifs is 1. The maximum atomic E-state index is 4.65. The van der Waals surface area contributed by atoms with Crippen molar-refractivity contribution in [3.05, 3.63) is 15.6 Å². The van der Waals surface area contributed by atoms with Crippen LogP contribution in [0.2, 0.25) is 0 Å². The van der Waals surface area contributed by atoms with E-state index in [1.807, 2.05) is 11.3 Å². The van der Waals surface area contributed by atoms with E-state index in [2.05, 4.69) is 30.7 Å². The number of rotatable bonds is 2. The molecular weight excluding hydrogens is 192 g/mol. The lowest BCUT2D eigenvalue weighted by atomic mass is 10.1. The molecule has 1 aromatic rings.